The third kappa shape index (κ3) is 3.48. The molecule has 30 heavy (non-hydrogen) atoms. The first-order valence-corrected chi connectivity index (χ1v) is 9.99. The van der Waals surface area contributed by atoms with Gasteiger partial charge < -0.3 is 15.0 Å². The number of imidazole rings is 1. The van der Waals surface area contributed by atoms with E-state index >= 15 is 0 Å². The maximum absolute atomic E-state index is 13.8. The molecule has 0 atom stereocenters. The van der Waals surface area contributed by atoms with Gasteiger partial charge >= 0.3 is 0 Å². The topological polar surface area (TPSA) is 54.7 Å². The zero-order chi connectivity index (χ0) is 20.5. The van der Waals surface area contributed by atoms with Crippen LogP contribution in [0.2, 0.25) is 0 Å². The lowest BCUT2D eigenvalue weighted by Crippen LogP contribution is -2.36. The average Bonchev–Trinajstić information content (AvgIpc) is 3.14. The Morgan fingerprint density at radius 2 is 1.83 bits per heavy atom. The molecule has 1 aliphatic heterocycles. The van der Waals surface area contributed by atoms with Gasteiger partial charge in [-0.1, -0.05) is 6.07 Å². The smallest absolute Gasteiger partial charge is 0.213 e. The van der Waals surface area contributed by atoms with Crippen molar-refractivity contribution in [3.8, 4) is 11.3 Å². The molecule has 6 nitrogen and oxygen atoms in total. The van der Waals surface area contributed by atoms with Gasteiger partial charge in [0, 0.05) is 48.0 Å². The van der Waals surface area contributed by atoms with E-state index in [1.54, 1.807) is 6.07 Å². The molecule has 1 N–H and O–H groups in total. The first-order valence-electron chi connectivity index (χ1n) is 9.99. The Kier molecular flexibility index (Phi) is 4.80. The Hall–Kier alpha value is -3.45. The summed E-state index contributed by atoms with van der Waals surface area (Å²) in [4.78, 5) is 10.7. The van der Waals surface area contributed by atoms with Crippen molar-refractivity contribution in [2.45, 2.75) is 6.92 Å². The Morgan fingerprint density at radius 3 is 2.60 bits per heavy atom. The third-order valence-corrected chi connectivity index (χ3v) is 5.35. The molecular weight excluding hydrogens is 381 g/mol. The number of hydrogen-bond donors (Lipinski definition) is 1. The van der Waals surface area contributed by atoms with Crippen LogP contribution in [0.1, 0.15) is 5.69 Å². The van der Waals surface area contributed by atoms with Gasteiger partial charge in [0.2, 0.25) is 5.95 Å². The van der Waals surface area contributed by atoms with E-state index in [0.717, 1.165) is 49.1 Å². The number of halogens is 1. The molecule has 7 heteroatoms. The van der Waals surface area contributed by atoms with Gasteiger partial charge in [-0.15, -0.1) is 0 Å². The minimum Gasteiger partial charge on any atom is -0.378 e. The average molecular weight is 403 g/mol. The van der Waals surface area contributed by atoms with Crippen LogP contribution in [0.25, 0.3) is 16.9 Å². The first kappa shape index (κ1) is 18.6. The summed E-state index contributed by atoms with van der Waals surface area (Å²) in [5, 5.41) is 3.50. The molecule has 0 unspecified atom stereocenters. The molecule has 0 spiro atoms. The molecule has 4 aromatic rings. The number of nitrogens with zero attached hydrogens (tertiary/aromatic N) is 4. The molecule has 1 aromatic carbocycles. The summed E-state index contributed by atoms with van der Waals surface area (Å²) in [5.41, 5.74) is 5.31. The monoisotopic (exact) mass is 403 g/mol. The molecular formula is C23H22FN5O. The van der Waals surface area contributed by atoms with Crippen molar-refractivity contribution in [2.24, 2.45) is 0 Å². The number of ether oxygens (including phenoxy) is 1. The van der Waals surface area contributed by atoms with Gasteiger partial charge in [0.15, 0.2) is 0 Å². The predicted molar refractivity (Wildman–Crippen MR) is 116 cm³/mol. The Labute approximate surface area is 174 Å². The molecule has 0 aliphatic carbocycles. The maximum Gasteiger partial charge on any atom is 0.213 e. The standard InChI is InChI=1S/C23H22FN5O/c1-16-3-2-4-21-27-22(17-9-10-25-20(24)15-17)23(29(16)21)26-18-5-7-19(8-6-18)28-11-13-30-14-12-28/h2-10,15,26H,11-14H2,1H3. The molecule has 1 fully saturated rings. The van der Waals surface area contributed by atoms with Gasteiger partial charge in [-0.25, -0.2) is 9.97 Å². The number of fused-ring (bicyclic) bond motifs is 1. The van der Waals surface area contributed by atoms with Crippen molar-refractivity contribution in [1.29, 1.82) is 0 Å². The van der Waals surface area contributed by atoms with Gasteiger partial charge in [0.1, 0.15) is 17.2 Å². The second-order valence-corrected chi connectivity index (χ2v) is 7.31. The molecule has 0 saturated carbocycles. The quantitative estimate of drug-likeness (QED) is 0.511. The highest BCUT2D eigenvalue weighted by Crippen LogP contribution is 2.32. The maximum atomic E-state index is 13.8. The molecule has 1 aliphatic rings. The Balaban J connectivity index is 1.54. The van der Waals surface area contributed by atoms with Crippen LogP contribution in [0.4, 0.5) is 21.6 Å². The summed E-state index contributed by atoms with van der Waals surface area (Å²) in [6, 6.07) is 17.4. The third-order valence-electron chi connectivity index (χ3n) is 5.35. The van der Waals surface area contributed by atoms with Crippen LogP contribution in [0.3, 0.4) is 0 Å². The molecule has 5 rings (SSSR count). The first-order chi connectivity index (χ1) is 14.7. The largest absolute Gasteiger partial charge is 0.378 e. The molecule has 4 heterocycles. The normalized spacial score (nSPS) is 14.3. The SMILES string of the molecule is Cc1cccc2nc(-c3ccnc(F)c3)c(Nc3ccc(N4CCOCC4)cc3)n12. The van der Waals surface area contributed by atoms with Crippen molar-refractivity contribution in [1.82, 2.24) is 14.4 Å². The van der Waals surface area contributed by atoms with E-state index in [9.17, 15) is 4.39 Å². The fourth-order valence-electron chi connectivity index (χ4n) is 3.83. The van der Waals surface area contributed by atoms with Crippen molar-refractivity contribution < 1.29 is 9.13 Å². The van der Waals surface area contributed by atoms with Gasteiger partial charge in [-0.05, 0) is 49.4 Å². The van der Waals surface area contributed by atoms with E-state index < -0.39 is 5.95 Å². The van der Waals surface area contributed by atoms with E-state index in [-0.39, 0.29) is 0 Å². The zero-order valence-electron chi connectivity index (χ0n) is 16.7. The highest BCUT2D eigenvalue weighted by molar-refractivity contribution is 5.80. The van der Waals surface area contributed by atoms with E-state index in [2.05, 4.69) is 39.5 Å². The number of morpholine rings is 1. The lowest BCUT2D eigenvalue weighted by atomic mass is 10.2. The number of aromatic nitrogens is 3. The molecule has 152 valence electrons. The molecule has 0 radical (unpaired) electrons. The predicted octanol–water partition coefficient (Wildman–Crippen LogP) is 4.42. The van der Waals surface area contributed by atoms with Gasteiger partial charge in [0.25, 0.3) is 0 Å². The number of hydrogen-bond acceptors (Lipinski definition) is 5. The minimum atomic E-state index is -0.526. The van der Waals surface area contributed by atoms with Crippen LogP contribution in [0.5, 0.6) is 0 Å². The van der Waals surface area contributed by atoms with Crippen LogP contribution >= 0.6 is 0 Å². The summed E-state index contributed by atoms with van der Waals surface area (Å²) in [6.07, 6.45) is 1.46. The fraction of sp³-hybridized carbons (Fsp3) is 0.217. The summed E-state index contributed by atoms with van der Waals surface area (Å²) in [7, 11) is 0. The van der Waals surface area contributed by atoms with E-state index in [4.69, 9.17) is 9.72 Å². The van der Waals surface area contributed by atoms with Crippen molar-refractivity contribution >= 4 is 22.8 Å². The van der Waals surface area contributed by atoms with Crippen molar-refractivity contribution in [3.05, 3.63) is 72.4 Å². The van der Waals surface area contributed by atoms with E-state index in [0.29, 0.717) is 11.3 Å². The van der Waals surface area contributed by atoms with Crippen molar-refractivity contribution in [2.75, 3.05) is 36.5 Å². The second kappa shape index (κ2) is 7.76. The second-order valence-electron chi connectivity index (χ2n) is 7.31. The summed E-state index contributed by atoms with van der Waals surface area (Å²) < 4.78 is 21.3. The fourth-order valence-corrected chi connectivity index (χ4v) is 3.83. The Bertz CT molecular complexity index is 1180. The molecule has 0 bridgehead atoms. The van der Waals surface area contributed by atoms with E-state index in [1.165, 1.54) is 18.0 Å². The van der Waals surface area contributed by atoms with Crippen LogP contribution in [0.15, 0.2) is 60.8 Å². The Morgan fingerprint density at radius 1 is 1.03 bits per heavy atom. The number of rotatable bonds is 4. The highest BCUT2D eigenvalue weighted by atomic mass is 19.1. The lowest BCUT2D eigenvalue weighted by molar-refractivity contribution is 0.122. The van der Waals surface area contributed by atoms with Crippen molar-refractivity contribution in [3.63, 3.8) is 0 Å². The number of pyridine rings is 2. The summed E-state index contributed by atoms with van der Waals surface area (Å²) >= 11 is 0. The molecule has 0 amide bonds. The number of aryl methyl sites for hydroxylation is 1. The minimum absolute atomic E-state index is 0.526. The van der Waals surface area contributed by atoms with Gasteiger partial charge in [-0.3, -0.25) is 4.40 Å². The number of anilines is 3. The number of nitrogens with one attached hydrogen (secondary N) is 1. The highest BCUT2D eigenvalue weighted by Gasteiger charge is 2.17. The van der Waals surface area contributed by atoms with Gasteiger partial charge in [0.05, 0.1) is 13.2 Å². The number of benzene rings is 1. The zero-order valence-corrected chi connectivity index (χ0v) is 16.7. The van der Waals surface area contributed by atoms with E-state index in [1.807, 2.05) is 29.5 Å². The van der Waals surface area contributed by atoms with Gasteiger partial charge in [-0.2, -0.15) is 4.39 Å². The molecule has 3 aromatic heterocycles. The summed E-state index contributed by atoms with van der Waals surface area (Å²) in [5.74, 6) is 0.273. The van der Waals surface area contributed by atoms with Crippen LogP contribution in [0, 0.1) is 12.9 Å². The lowest BCUT2D eigenvalue weighted by Gasteiger charge is -2.29. The van der Waals surface area contributed by atoms with Crippen LogP contribution in [-0.2, 0) is 4.74 Å². The summed E-state index contributed by atoms with van der Waals surface area (Å²) in [6.45, 7) is 5.34. The van der Waals surface area contributed by atoms with Crippen LogP contribution < -0.4 is 10.2 Å². The molecule has 1 saturated heterocycles. The van der Waals surface area contributed by atoms with Crippen LogP contribution in [-0.4, -0.2) is 40.7 Å².